The van der Waals surface area contributed by atoms with E-state index in [9.17, 15) is 19.7 Å². The molecule has 114 valence electrons. The predicted octanol–water partition coefficient (Wildman–Crippen LogP) is 1.08. The molecular formula is C13H17N3O5. The number of esters is 1. The second-order valence-electron chi connectivity index (χ2n) is 4.64. The number of hydrogen-bond acceptors (Lipinski definition) is 6. The van der Waals surface area contributed by atoms with Crippen molar-refractivity contribution in [3.05, 3.63) is 33.9 Å². The van der Waals surface area contributed by atoms with Crippen molar-refractivity contribution in [3.63, 3.8) is 0 Å². The van der Waals surface area contributed by atoms with E-state index in [1.165, 1.54) is 30.2 Å². The molecule has 0 aliphatic carbocycles. The Kier molecular flexibility index (Phi) is 5.23. The number of nitro groups is 1. The van der Waals surface area contributed by atoms with Crippen molar-refractivity contribution in [2.45, 2.75) is 19.9 Å². The van der Waals surface area contributed by atoms with Crippen molar-refractivity contribution in [3.8, 4) is 0 Å². The molecule has 0 aromatic heterocycles. The Labute approximate surface area is 121 Å². The Morgan fingerprint density at radius 3 is 2.48 bits per heavy atom. The van der Waals surface area contributed by atoms with Crippen LogP contribution in [0, 0.1) is 10.1 Å². The molecule has 1 aromatic rings. The average Bonchev–Trinajstić information content (AvgIpc) is 2.42. The number of primary amides is 1. The Morgan fingerprint density at radius 1 is 1.43 bits per heavy atom. The highest BCUT2D eigenvalue weighted by atomic mass is 16.6. The Morgan fingerprint density at radius 2 is 2.05 bits per heavy atom. The van der Waals surface area contributed by atoms with Gasteiger partial charge in [0, 0.05) is 12.1 Å². The van der Waals surface area contributed by atoms with Gasteiger partial charge in [-0.15, -0.1) is 0 Å². The Bertz CT molecular complexity index is 571. The molecule has 0 aliphatic heterocycles. The zero-order chi connectivity index (χ0) is 16.2. The summed E-state index contributed by atoms with van der Waals surface area (Å²) in [5, 5.41) is 11.1. The molecule has 0 aliphatic rings. The predicted molar refractivity (Wildman–Crippen MR) is 76.1 cm³/mol. The van der Waals surface area contributed by atoms with Crippen molar-refractivity contribution in [1.29, 1.82) is 0 Å². The fourth-order valence-electron chi connectivity index (χ4n) is 1.87. The maximum absolute atomic E-state index is 11.6. The minimum atomic E-state index is -0.624. The number of rotatable bonds is 6. The molecule has 0 fully saturated rings. The number of amides is 1. The van der Waals surface area contributed by atoms with Crippen LogP contribution in [0.3, 0.4) is 0 Å². The third-order valence-corrected chi connectivity index (χ3v) is 2.85. The number of anilines is 1. The molecule has 0 heterocycles. The van der Waals surface area contributed by atoms with E-state index in [0.29, 0.717) is 0 Å². The topological polar surface area (TPSA) is 116 Å². The lowest BCUT2D eigenvalue weighted by Crippen LogP contribution is -2.39. The Balaban J connectivity index is 3.42. The van der Waals surface area contributed by atoms with E-state index in [1.54, 1.807) is 13.8 Å². The van der Waals surface area contributed by atoms with Crippen LogP contribution in [0.15, 0.2) is 18.2 Å². The van der Waals surface area contributed by atoms with E-state index < -0.39 is 16.8 Å². The summed E-state index contributed by atoms with van der Waals surface area (Å²) in [6.07, 6.45) is 0. The fourth-order valence-corrected chi connectivity index (χ4v) is 1.87. The lowest BCUT2D eigenvalue weighted by atomic mass is 10.1. The van der Waals surface area contributed by atoms with E-state index in [2.05, 4.69) is 4.74 Å². The summed E-state index contributed by atoms with van der Waals surface area (Å²) in [4.78, 5) is 34.7. The third kappa shape index (κ3) is 3.91. The molecule has 0 bridgehead atoms. The molecule has 21 heavy (non-hydrogen) atoms. The van der Waals surface area contributed by atoms with Crippen LogP contribution in [-0.2, 0) is 9.53 Å². The SMILES string of the molecule is COC(=O)c1ccc([N+](=O)[O-])c(N(CC(N)=O)C(C)C)c1. The van der Waals surface area contributed by atoms with Crippen LogP contribution in [0.2, 0.25) is 0 Å². The van der Waals surface area contributed by atoms with E-state index >= 15 is 0 Å². The number of hydrogen-bond donors (Lipinski definition) is 1. The van der Waals surface area contributed by atoms with Gasteiger partial charge in [0.15, 0.2) is 0 Å². The van der Waals surface area contributed by atoms with Gasteiger partial charge in [-0.2, -0.15) is 0 Å². The van der Waals surface area contributed by atoms with Crippen LogP contribution >= 0.6 is 0 Å². The van der Waals surface area contributed by atoms with Crippen LogP contribution in [0.25, 0.3) is 0 Å². The zero-order valence-electron chi connectivity index (χ0n) is 12.0. The quantitative estimate of drug-likeness (QED) is 0.477. The molecule has 0 saturated carbocycles. The van der Waals surface area contributed by atoms with Gasteiger partial charge in [-0.05, 0) is 26.0 Å². The van der Waals surface area contributed by atoms with Gasteiger partial charge >= 0.3 is 5.97 Å². The molecule has 1 rings (SSSR count). The zero-order valence-corrected chi connectivity index (χ0v) is 12.0. The normalized spacial score (nSPS) is 10.3. The molecule has 2 N–H and O–H groups in total. The smallest absolute Gasteiger partial charge is 0.337 e. The van der Waals surface area contributed by atoms with Crippen molar-refractivity contribution in [2.75, 3.05) is 18.6 Å². The number of nitro benzene ring substituents is 1. The van der Waals surface area contributed by atoms with Gasteiger partial charge < -0.3 is 15.4 Å². The summed E-state index contributed by atoms with van der Waals surface area (Å²) in [5.41, 5.74) is 5.28. The van der Waals surface area contributed by atoms with Gasteiger partial charge in [-0.25, -0.2) is 4.79 Å². The monoisotopic (exact) mass is 295 g/mol. The number of carbonyl (C=O) groups excluding carboxylic acids is 2. The average molecular weight is 295 g/mol. The molecule has 8 nitrogen and oxygen atoms in total. The van der Waals surface area contributed by atoms with E-state index in [-0.39, 0.29) is 29.5 Å². The van der Waals surface area contributed by atoms with Gasteiger partial charge in [0.2, 0.25) is 5.91 Å². The first kappa shape index (κ1) is 16.4. The molecule has 0 saturated heterocycles. The lowest BCUT2D eigenvalue weighted by molar-refractivity contribution is -0.384. The fraction of sp³-hybridized carbons (Fsp3) is 0.385. The first-order chi connectivity index (χ1) is 9.77. The summed E-state index contributed by atoms with van der Waals surface area (Å²) in [6.45, 7) is 3.33. The standard InChI is InChI=1S/C13H17N3O5/c1-8(2)15(7-12(14)17)11-6-9(13(18)21-3)4-5-10(11)16(19)20/h4-6,8H,7H2,1-3H3,(H2,14,17). The van der Waals surface area contributed by atoms with Crippen LogP contribution < -0.4 is 10.6 Å². The number of benzene rings is 1. The minimum absolute atomic E-state index is 0.150. The van der Waals surface area contributed by atoms with Crippen molar-refractivity contribution in [2.24, 2.45) is 5.73 Å². The summed E-state index contributed by atoms with van der Waals surface area (Å²) in [6, 6.07) is 3.62. The first-order valence-corrected chi connectivity index (χ1v) is 6.19. The third-order valence-electron chi connectivity index (χ3n) is 2.85. The van der Waals surface area contributed by atoms with Gasteiger partial charge in [-0.3, -0.25) is 14.9 Å². The highest BCUT2D eigenvalue weighted by Gasteiger charge is 2.24. The summed E-state index contributed by atoms with van der Waals surface area (Å²) >= 11 is 0. The minimum Gasteiger partial charge on any atom is -0.465 e. The van der Waals surface area contributed by atoms with Crippen molar-refractivity contribution >= 4 is 23.3 Å². The van der Waals surface area contributed by atoms with E-state index in [4.69, 9.17) is 5.73 Å². The van der Waals surface area contributed by atoms with Gasteiger partial charge in [-0.1, -0.05) is 0 Å². The number of ether oxygens (including phenoxy) is 1. The maximum atomic E-state index is 11.6. The van der Waals surface area contributed by atoms with Crippen LogP contribution in [0.5, 0.6) is 0 Å². The Hall–Kier alpha value is -2.64. The van der Waals surface area contributed by atoms with Gasteiger partial charge in [0.05, 0.1) is 24.1 Å². The largest absolute Gasteiger partial charge is 0.465 e. The molecule has 0 spiro atoms. The van der Waals surface area contributed by atoms with Gasteiger partial charge in [0.25, 0.3) is 5.69 Å². The van der Waals surface area contributed by atoms with E-state index in [0.717, 1.165) is 0 Å². The van der Waals surface area contributed by atoms with Crippen molar-refractivity contribution < 1.29 is 19.2 Å². The molecular weight excluding hydrogens is 278 g/mol. The number of carbonyl (C=O) groups is 2. The summed E-state index contributed by atoms with van der Waals surface area (Å²) < 4.78 is 4.59. The molecule has 0 unspecified atom stereocenters. The number of methoxy groups -OCH3 is 1. The second kappa shape index (κ2) is 6.69. The molecule has 8 heteroatoms. The van der Waals surface area contributed by atoms with Gasteiger partial charge in [0.1, 0.15) is 5.69 Å². The highest BCUT2D eigenvalue weighted by Crippen LogP contribution is 2.30. The highest BCUT2D eigenvalue weighted by molar-refractivity contribution is 5.92. The van der Waals surface area contributed by atoms with Crippen LogP contribution in [0.1, 0.15) is 24.2 Å². The maximum Gasteiger partial charge on any atom is 0.337 e. The van der Waals surface area contributed by atoms with Crippen molar-refractivity contribution in [1.82, 2.24) is 0 Å². The van der Waals surface area contributed by atoms with E-state index in [1.807, 2.05) is 0 Å². The van der Waals surface area contributed by atoms with Crippen LogP contribution in [-0.4, -0.2) is 36.5 Å². The summed E-state index contributed by atoms with van der Waals surface area (Å²) in [5.74, 6) is -1.24. The summed E-state index contributed by atoms with van der Waals surface area (Å²) in [7, 11) is 1.22. The number of nitrogens with two attached hydrogens (primary N) is 1. The molecule has 0 radical (unpaired) electrons. The van der Waals surface area contributed by atoms with Crippen LogP contribution in [0.4, 0.5) is 11.4 Å². The molecule has 0 atom stereocenters. The first-order valence-electron chi connectivity index (χ1n) is 6.19. The lowest BCUT2D eigenvalue weighted by Gasteiger charge is -2.27. The second-order valence-corrected chi connectivity index (χ2v) is 4.64. The molecule has 1 aromatic carbocycles. The molecule has 1 amide bonds. The number of nitrogens with zero attached hydrogens (tertiary/aromatic N) is 2.